The number of hydrogen-bond acceptors (Lipinski definition) is 4. The SMILES string of the molecule is C=Cc1ccc(N2c3cnccc3Oc3ccncc32)c2ccccc12. The Bertz CT molecular complexity index is 1110. The molecule has 0 spiro atoms. The molecule has 5 rings (SSSR count). The number of aromatic nitrogens is 2. The van der Waals surface area contributed by atoms with E-state index in [1.165, 1.54) is 0 Å². The van der Waals surface area contributed by atoms with Gasteiger partial charge in [-0.05, 0) is 17.0 Å². The Balaban J connectivity index is 1.85. The molecule has 0 aliphatic carbocycles. The monoisotopic (exact) mass is 337 g/mol. The first kappa shape index (κ1) is 14.7. The van der Waals surface area contributed by atoms with E-state index in [4.69, 9.17) is 4.74 Å². The van der Waals surface area contributed by atoms with Crippen molar-refractivity contribution in [2.24, 2.45) is 0 Å². The molecule has 2 aromatic heterocycles. The van der Waals surface area contributed by atoms with Crippen LogP contribution in [0.3, 0.4) is 0 Å². The van der Waals surface area contributed by atoms with Crippen LogP contribution < -0.4 is 9.64 Å². The maximum atomic E-state index is 6.05. The molecule has 3 heterocycles. The zero-order chi connectivity index (χ0) is 17.5. The molecule has 0 saturated heterocycles. The predicted octanol–water partition coefficient (Wildman–Crippen LogP) is 5.85. The Kier molecular flexibility index (Phi) is 3.22. The topological polar surface area (TPSA) is 38.2 Å². The standard InChI is InChI=1S/C22H15N3O/c1-2-15-7-8-18(17-6-4-3-5-16(15)17)25-19-13-23-11-9-21(19)26-22-10-12-24-14-20(22)25/h2-14H,1H2. The van der Waals surface area contributed by atoms with E-state index in [2.05, 4.69) is 45.7 Å². The van der Waals surface area contributed by atoms with E-state index in [-0.39, 0.29) is 0 Å². The highest BCUT2D eigenvalue weighted by Gasteiger charge is 2.27. The van der Waals surface area contributed by atoms with Gasteiger partial charge in [0, 0.05) is 29.9 Å². The lowest BCUT2D eigenvalue weighted by Gasteiger charge is -2.32. The largest absolute Gasteiger partial charge is 0.453 e. The van der Waals surface area contributed by atoms with Crippen molar-refractivity contribution in [3.05, 3.63) is 85.5 Å². The van der Waals surface area contributed by atoms with Crippen LogP contribution in [-0.4, -0.2) is 9.97 Å². The fraction of sp³-hybridized carbons (Fsp3) is 0. The van der Waals surface area contributed by atoms with Gasteiger partial charge in [0.25, 0.3) is 0 Å². The second-order valence-electron chi connectivity index (χ2n) is 6.05. The van der Waals surface area contributed by atoms with Crippen molar-refractivity contribution in [1.29, 1.82) is 0 Å². The summed E-state index contributed by atoms with van der Waals surface area (Å²) in [6, 6.07) is 16.3. The highest BCUT2D eigenvalue weighted by Crippen LogP contribution is 2.50. The molecule has 4 heteroatoms. The average molecular weight is 337 g/mol. The lowest BCUT2D eigenvalue weighted by molar-refractivity contribution is 0.475. The van der Waals surface area contributed by atoms with Crippen LogP contribution in [0.25, 0.3) is 16.8 Å². The summed E-state index contributed by atoms with van der Waals surface area (Å²) in [7, 11) is 0. The molecular weight excluding hydrogens is 322 g/mol. The van der Waals surface area contributed by atoms with E-state index >= 15 is 0 Å². The van der Waals surface area contributed by atoms with Crippen molar-refractivity contribution in [1.82, 2.24) is 9.97 Å². The van der Waals surface area contributed by atoms with Crippen LogP contribution in [0.4, 0.5) is 17.1 Å². The van der Waals surface area contributed by atoms with Gasteiger partial charge in [0.05, 0.1) is 18.1 Å². The quantitative estimate of drug-likeness (QED) is 0.405. The first-order valence-corrected chi connectivity index (χ1v) is 8.37. The Morgan fingerprint density at radius 3 is 2.08 bits per heavy atom. The fourth-order valence-corrected chi connectivity index (χ4v) is 3.44. The van der Waals surface area contributed by atoms with Crippen molar-refractivity contribution < 1.29 is 4.74 Å². The third-order valence-corrected chi connectivity index (χ3v) is 4.62. The maximum Gasteiger partial charge on any atom is 0.154 e. The van der Waals surface area contributed by atoms with Gasteiger partial charge in [-0.3, -0.25) is 9.97 Å². The number of ether oxygens (including phenoxy) is 1. The third kappa shape index (κ3) is 2.09. The van der Waals surface area contributed by atoms with E-state index < -0.39 is 0 Å². The van der Waals surface area contributed by atoms with Gasteiger partial charge in [0.1, 0.15) is 11.4 Å². The molecule has 0 saturated carbocycles. The molecule has 4 nitrogen and oxygen atoms in total. The smallest absolute Gasteiger partial charge is 0.154 e. The summed E-state index contributed by atoms with van der Waals surface area (Å²) >= 11 is 0. The minimum Gasteiger partial charge on any atom is -0.453 e. The fourth-order valence-electron chi connectivity index (χ4n) is 3.44. The number of fused-ring (bicyclic) bond motifs is 3. The number of hydrogen-bond donors (Lipinski definition) is 0. The molecular formula is C22H15N3O. The summed E-state index contributed by atoms with van der Waals surface area (Å²) in [4.78, 5) is 10.8. The molecule has 0 radical (unpaired) electrons. The van der Waals surface area contributed by atoms with Gasteiger partial charge < -0.3 is 9.64 Å². The Morgan fingerprint density at radius 1 is 0.769 bits per heavy atom. The van der Waals surface area contributed by atoms with E-state index in [0.717, 1.165) is 44.9 Å². The van der Waals surface area contributed by atoms with Gasteiger partial charge in [-0.15, -0.1) is 0 Å². The summed E-state index contributed by atoms with van der Waals surface area (Å²) in [5.74, 6) is 1.55. The summed E-state index contributed by atoms with van der Waals surface area (Å²) in [6.45, 7) is 3.94. The van der Waals surface area contributed by atoms with E-state index in [0.29, 0.717) is 0 Å². The molecule has 0 fully saturated rings. The van der Waals surface area contributed by atoms with Crippen molar-refractivity contribution in [2.75, 3.05) is 4.90 Å². The molecule has 0 bridgehead atoms. The molecule has 0 atom stereocenters. The maximum absolute atomic E-state index is 6.05. The average Bonchev–Trinajstić information content (AvgIpc) is 2.71. The molecule has 26 heavy (non-hydrogen) atoms. The van der Waals surface area contributed by atoms with Crippen molar-refractivity contribution in [3.63, 3.8) is 0 Å². The van der Waals surface area contributed by atoms with Gasteiger partial charge in [-0.1, -0.05) is 43.0 Å². The van der Waals surface area contributed by atoms with Gasteiger partial charge in [0.15, 0.2) is 11.5 Å². The second kappa shape index (κ2) is 5.70. The van der Waals surface area contributed by atoms with Crippen LogP contribution in [0.5, 0.6) is 11.5 Å². The van der Waals surface area contributed by atoms with Crippen LogP contribution in [0.1, 0.15) is 5.56 Å². The third-order valence-electron chi connectivity index (χ3n) is 4.62. The Hall–Kier alpha value is -3.66. The number of benzene rings is 2. The van der Waals surface area contributed by atoms with Crippen LogP contribution >= 0.6 is 0 Å². The Morgan fingerprint density at radius 2 is 1.42 bits per heavy atom. The summed E-state index contributed by atoms with van der Waals surface area (Å²) in [5.41, 5.74) is 3.95. The summed E-state index contributed by atoms with van der Waals surface area (Å²) in [6.07, 6.45) is 9.00. The van der Waals surface area contributed by atoms with Crippen LogP contribution in [-0.2, 0) is 0 Å². The first-order valence-electron chi connectivity index (χ1n) is 8.37. The van der Waals surface area contributed by atoms with Gasteiger partial charge in [0.2, 0.25) is 0 Å². The highest BCUT2D eigenvalue weighted by molar-refractivity contribution is 6.03. The molecule has 124 valence electrons. The van der Waals surface area contributed by atoms with Crippen molar-refractivity contribution in [2.45, 2.75) is 0 Å². The molecule has 4 aromatic rings. The molecule has 1 aliphatic rings. The molecule has 0 N–H and O–H groups in total. The molecule has 1 aliphatic heterocycles. The number of pyridine rings is 2. The van der Waals surface area contributed by atoms with Crippen molar-refractivity contribution >= 4 is 33.9 Å². The van der Waals surface area contributed by atoms with E-state index in [1.807, 2.05) is 42.7 Å². The predicted molar refractivity (Wildman–Crippen MR) is 104 cm³/mol. The summed E-state index contributed by atoms with van der Waals surface area (Å²) in [5, 5.41) is 2.29. The van der Waals surface area contributed by atoms with Crippen LogP contribution in [0.2, 0.25) is 0 Å². The highest BCUT2D eigenvalue weighted by atomic mass is 16.5. The molecule has 0 amide bonds. The lowest BCUT2D eigenvalue weighted by atomic mass is 10.0. The Labute approximate surface area is 151 Å². The molecule has 2 aromatic carbocycles. The molecule has 0 unspecified atom stereocenters. The van der Waals surface area contributed by atoms with Gasteiger partial charge in [-0.25, -0.2) is 0 Å². The van der Waals surface area contributed by atoms with Gasteiger partial charge >= 0.3 is 0 Å². The first-order chi connectivity index (χ1) is 12.9. The van der Waals surface area contributed by atoms with Crippen molar-refractivity contribution in [3.8, 4) is 11.5 Å². The summed E-state index contributed by atoms with van der Waals surface area (Å²) < 4.78 is 6.05. The number of anilines is 3. The van der Waals surface area contributed by atoms with Gasteiger partial charge in [-0.2, -0.15) is 0 Å². The lowest BCUT2D eigenvalue weighted by Crippen LogP contribution is -2.16. The number of nitrogens with zero attached hydrogens (tertiary/aromatic N) is 3. The van der Waals surface area contributed by atoms with E-state index in [9.17, 15) is 0 Å². The van der Waals surface area contributed by atoms with Crippen LogP contribution in [0.15, 0.2) is 79.9 Å². The second-order valence-corrected chi connectivity index (χ2v) is 6.05. The normalized spacial score (nSPS) is 12.2. The minimum atomic E-state index is 0.774. The zero-order valence-electron chi connectivity index (χ0n) is 14.0. The van der Waals surface area contributed by atoms with E-state index in [1.54, 1.807) is 12.4 Å². The van der Waals surface area contributed by atoms with Crippen LogP contribution in [0, 0.1) is 0 Å². The number of rotatable bonds is 2. The minimum absolute atomic E-state index is 0.774. The zero-order valence-corrected chi connectivity index (χ0v) is 14.0.